The first-order chi connectivity index (χ1) is 11.0. The minimum Gasteiger partial charge on any atom is -0.394 e. The lowest BCUT2D eigenvalue weighted by Gasteiger charge is -2.24. The maximum atomic E-state index is 9.26. The molecule has 2 unspecified atom stereocenters. The molecule has 1 aliphatic rings. The quantitative estimate of drug-likeness (QED) is 0.699. The summed E-state index contributed by atoms with van der Waals surface area (Å²) in [5, 5.41) is 9.26. The third-order valence-electron chi connectivity index (χ3n) is 4.93. The lowest BCUT2D eigenvalue weighted by atomic mass is 9.90. The Morgan fingerprint density at radius 2 is 2.09 bits per heavy atom. The van der Waals surface area contributed by atoms with Crippen LogP contribution >= 0.6 is 11.3 Å². The molecule has 1 saturated carbocycles. The molecule has 1 heterocycles. The van der Waals surface area contributed by atoms with Crippen LogP contribution in [-0.2, 0) is 11.2 Å². The van der Waals surface area contributed by atoms with E-state index in [0.29, 0.717) is 0 Å². The number of hydrogen-bond acceptors (Lipinski definition) is 4. The molecule has 0 radical (unpaired) electrons. The van der Waals surface area contributed by atoms with Gasteiger partial charge in [-0.25, -0.2) is 0 Å². The molecule has 132 valence electrons. The van der Waals surface area contributed by atoms with Crippen LogP contribution in [0.25, 0.3) is 0 Å². The highest BCUT2D eigenvalue weighted by molar-refractivity contribution is 7.12. The van der Waals surface area contributed by atoms with Gasteiger partial charge >= 0.3 is 0 Å². The standard InChI is InChI=1S/C19H33NO2S/c1-3-17(22-13-15-7-5-4-6-8-15)18-10-9-16(23-18)11-12-19(2,20)14-21/h9-10,15,17,21H,3-8,11-14,20H2,1-2H3. The van der Waals surface area contributed by atoms with E-state index < -0.39 is 5.54 Å². The Balaban J connectivity index is 1.83. The van der Waals surface area contributed by atoms with E-state index in [1.54, 1.807) is 0 Å². The van der Waals surface area contributed by atoms with E-state index >= 15 is 0 Å². The number of aliphatic hydroxyl groups excluding tert-OH is 1. The molecule has 0 amide bonds. The summed E-state index contributed by atoms with van der Waals surface area (Å²) in [6, 6.07) is 4.40. The molecule has 2 atom stereocenters. The summed E-state index contributed by atoms with van der Waals surface area (Å²) in [7, 11) is 0. The molecule has 3 nitrogen and oxygen atoms in total. The van der Waals surface area contributed by atoms with Crippen molar-refractivity contribution in [3.05, 3.63) is 21.9 Å². The minimum atomic E-state index is -0.480. The van der Waals surface area contributed by atoms with Crippen molar-refractivity contribution in [2.75, 3.05) is 13.2 Å². The summed E-state index contributed by atoms with van der Waals surface area (Å²) >= 11 is 1.84. The molecule has 4 heteroatoms. The highest BCUT2D eigenvalue weighted by atomic mass is 32.1. The SMILES string of the molecule is CCC(OCC1CCCCC1)c1ccc(CCC(C)(N)CO)s1. The molecule has 2 rings (SSSR count). The Bertz CT molecular complexity index is 452. The van der Waals surface area contributed by atoms with Crippen molar-refractivity contribution < 1.29 is 9.84 Å². The molecule has 0 aliphatic heterocycles. The summed E-state index contributed by atoms with van der Waals surface area (Å²) in [5.41, 5.74) is 5.54. The molecule has 0 spiro atoms. The molecular formula is C19H33NO2S. The third kappa shape index (κ3) is 6.18. The maximum Gasteiger partial charge on any atom is 0.0914 e. The zero-order valence-electron chi connectivity index (χ0n) is 14.7. The molecular weight excluding hydrogens is 306 g/mol. The zero-order valence-corrected chi connectivity index (χ0v) is 15.5. The van der Waals surface area contributed by atoms with E-state index in [1.165, 1.54) is 41.9 Å². The normalized spacial score (nSPS) is 20.3. The van der Waals surface area contributed by atoms with E-state index in [9.17, 15) is 5.11 Å². The van der Waals surface area contributed by atoms with E-state index in [-0.39, 0.29) is 12.7 Å². The second-order valence-corrected chi connectivity index (χ2v) is 8.55. The van der Waals surface area contributed by atoms with Gasteiger partial charge in [-0.2, -0.15) is 0 Å². The van der Waals surface area contributed by atoms with Crippen LogP contribution in [0.1, 0.15) is 74.7 Å². The maximum absolute atomic E-state index is 9.26. The van der Waals surface area contributed by atoms with Crippen molar-refractivity contribution in [1.29, 1.82) is 0 Å². The van der Waals surface area contributed by atoms with Gasteiger partial charge in [0, 0.05) is 15.3 Å². The van der Waals surface area contributed by atoms with Gasteiger partial charge in [-0.05, 0) is 57.1 Å². The number of thiophene rings is 1. The van der Waals surface area contributed by atoms with Crippen molar-refractivity contribution in [1.82, 2.24) is 0 Å². The number of nitrogens with two attached hydrogens (primary N) is 1. The summed E-state index contributed by atoms with van der Waals surface area (Å²) in [6.07, 6.45) is 9.81. The van der Waals surface area contributed by atoms with Gasteiger partial charge in [0.05, 0.1) is 19.3 Å². The largest absolute Gasteiger partial charge is 0.394 e. The molecule has 1 fully saturated rings. The highest BCUT2D eigenvalue weighted by Gasteiger charge is 2.20. The summed E-state index contributed by atoms with van der Waals surface area (Å²) in [5.74, 6) is 0.764. The van der Waals surface area contributed by atoms with Crippen LogP contribution in [0.2, 0.25) is 0 Å². The summed E-state index contributed by atoms with van der Waals surface area (Å²) < 4.78 is 6.24. The smallest absolute Gasteiger partial charge is 0.0914 e. The Kier molecular flexibility index (Phi) is 7.54. The zero-order chi connectivity index (χ0) is 16.7. The predicted octanol–water partition coefficient (Wildman–Crippen LogP) is 4.44. The second-order valence-electron chi connectivity index (χ2n) is 7.35. The molecule has 0 saturated heterocycles. The Morgan fingerprint density at radius 3 is 2.74 bits per heavy atom. The average Bonchev–Trinajstić information content (AvgIpc) is 3.04. The van der Waals surface area contributed by atoms with Crippen molar-refractivity contribution in [2.24, 2.45) is 11.7 Å². The van der Waals surface area contributed by atoms with Crippen LogP contribution in [0.3, 0.4) is 0 Å². The van der Waals surface area contributed by atoms with Crippen LogP contribution in [0.4, 0.5) is 0 Å². The van der Waals surface area contributed by atoms with E-state index in [2.05, 4.69) is 19.1 Å². The fraction of sp³-hybridized carbons (Fsp3) is 0.789. The monoisotopic (exact) mass is 339 g/mol. The lowest BCUT2D eigenvalue weighted by Crippen LogP contribution is -2.40. The van der Waals surface area contributed by atoms with Gasteiger partial charge in [0.2, 0.25) is 0 Å². The van der Waals surface area contributed by atoms with Crippen LogP contribution in [0.5, 0.6) is 0 Å². The molecule has 3 N–H and O–H groups in total. The molecule has 0 bridgehead atoms. The highest BCUT2D eigenvalue weighted by Crippen LogP contribution is 2.32. The van der Waals surface area contributed by atoms with Crippen molar-refractivity contribution in [3.8, 4) is 0 Å². The number of ether oxygens (including phenoxy) is 1. The summed E-state index contributed by atoms with van der Waals surface area (Å²) in [4.78, 5) is 2.67. The van der Waals surface area contributed by atoms with Crippen LogP contribution in [0.15, 0.2) is 12.1 Å². The van der Waals surface area contributed by atoms with Crippen molar-refractivity contribution >= 4 is 11.3 Å². The number of hydrogen-bond donors (Lipinski definition) is 2. The molecule has 0 aromatic carbocycles. The van der Waals surface area contributed by atoms with Crippen LogP contribution in [0, 0.1) is 5.92 Å². The molecule has 1 aromatic heterocycles. The second kappa shape index (κ2) is 9.16. The molecule has 1 aromatic rings. The third-order valence-corrected chi connectivity index (χ3v) is 6.17. The number of aryl methyl sites for hydroxylation is 1. The van der Waals surface area contributed by atoms with Gasteiger partial charge in [-0.3, -0.25) is 0 Å². The first-order valence-corrected chi connectivity index (χ1v) is 9.95. The average molecular weight is 340 g/mol. The number of aliphatic hydroxyl groups is 1. The van der Waals surface area contributed by atoms with E-state index in [0.717, 1.165) is 31.8 Å². The topological polar surface area (TPSA) is 55.5 Å². The lowest BCUT2D eigenvalue weighted by molar-refractivity contribution is 0.0195. The van der Waals surface area contributed by atoms with Gasteiger partial charge < -0.3 is 15.6 Å². The Labute approximate surface area is 145 Å². The van der Waals surface area contributed by atoms with Crippen LogP contribution < -0.4 is 5.73 Å². The van der Waals surface area contributed by atoms with Gasteiger partial charge in [0.25, 0.3) is 0 Å². The Hall–Kier alpha value is -0.420. The minimum absolute atomic E-state index is 0.0350. The Morgan fingerprint density at radius 1 is 1.35 bits per heavy atom. The van der Waals surface area contributed by atoms with Gasteiger partial charge in [0.1, 0.15) is 0 Å². The van der Waals surface area contributed by atoms with Gasteiger partial charge in [-0.1, -0.05) is 26.2 Å². The first-order valence-electron chi connectivity index (χ1n) is 9.14. The fourth-order valence-electron chi connectivity index (χ4n) is 3.20. The van der Waals surface area contributed by atoms with Crippen molar-refractivity contribution in [2.45, 2.75) is 76.9 Å². The van der Waals surface area contributed by atoms with Gasteiger partial charge in [0.15, 0.2) is 0 Å². The first kappa shape index (κ1) is 18.9. The fourth-order valence-corrected chi connectivity index (χ4v) is 4.34. The summed E-state index contributed by atoms with van der Waals surface area (Å²) in [6.45, 7) is 5.06. The predicted molar refractivity (Wildman–Crippen MR) is 97.9 cm³/mol. The van der Waals surface area contributed by atoms with Crippen molar-refractivity contribution in [3.63, 3.8) is 0 Å². The number of rotatable bonds is 9. The van der Waals surface area contributed by atoms with Gasteiger partial charge in [-0.15, -0.1) is 11.3 Å². The van der Waals surface area contributed by atoms with E-state index in [1.807, 2.05) is 18.3 Å². The molecule has 1 aliphatic carbocycles. The van der Waals surface area contributed by atoms with E-state index in [4.69, 9.17) is 10.5 Å². The molecule has 23 heavy (non-hydrogen) atoms. The van der Waals surface area contributed by atoms with Crippen LogP contribution in [-0.4, -0.2) is 23.9 Å².